The largest absolute Gasteiger partial charge is 0.367 e. The van der Waals surface area contributed by atoms with Crippen LogP contribution in [-0.4, -0.2) is 27.1 Å². The van der Waals surface area contributed by atoms with Crippen molar-refractivity contribution in [3.05, 3.63) is 37.3 Å². The summed E-state index contributed by atoms with van der Waals surface area (Å²) in [6.45, 7) is 1.92. The Hall–Kier alpha value is -1.61. The fraction of sp³-hybridized carbons (Fsp3) is 0.308. The van der Waals surface area contributed by atoms with Gasteiger partial charge in [-0.1, -0.05) is 23.2 Å². The summed E-state index contributed by atoms with van der Waals surface area (Å²) < 4.78 is 1.33. The minimum Gasteiger partial charge on any atom is -0.367 e. The van der Waals surface area contributed by atoms with Crippen LogP contribution in [0, 0.1) is 6.92 Å². The van der Waals surface area contributed by atoms with E-state index < -0.39 is 0 Å². The topological polar surface area (TPSA) is 112 Å². The molecule has 2 aromatic rings. The number of nitrogens with two attached hydrogens (primary N) is 1. The van der Waals surface area contributed by atoms with Gasteiger partial charge in [-0.2, -0.15) is 10.2 Å². The number of nitrogens with one attached hydrogen (secondary N) is 2. The highest BCUT2D eigenvalue weighted by Crippen LogP contribution is 2.41. The molecule has 23 heavy (non-hydrogen) atoms. The number of nitrogens with zero attached hydrogens (tertiary/aromatic N) is 3. The van der Waals surface area contributed by atoms with Crippen molar-refractivity contribution < 1.29 is 5.21 Å². The molecule has 0 amide bonds. The molecule has 10 heteroatoms. The number of aromatic amines is 1. The van der Waals surface area contributed by atoms with Crippen LogP contribution in [0.1, 0.15) is 34.9 Å². The summed E-state index contributed by atoms with van der Waals surface area (Å²) in [5, 5.41) is 24.0. The van der Waals surface area contributed by atoms with Gasteiger partial charge in [-0.3, -0.25) is 10.3 Å². The van der Waals surface area contributed by atoms with Gasteiger partial charge in [0.05, 0.1) is 20.1 Å². The zero-order valence-corrected chi connectivity index (χ0v) is 14.4. The van der Waals surface area contributed by atoms with Gasteiger partial charge in [0.15, 0.2) is 0 Å². The first kappa shape index (κ1) is 16.3. The van der Waals surface area contributed by atoms with Crippen molar-refractivity contribution in [2.45, 2.75) is 25.7 Å². The standard InChI is InChI=1S/C13H14Cl2N6OS/c1-5-11-8(18-17-5)2-6(7-4-10(14)23-12(7)15)3-9(11)19-20-13(16)21-22/h4,6,22H,2-3H2,1H3,(H,17,18)(H3,16,20,21). The Bertz CT molecular complexity index is 796. The van der Waals surface area contributed by atoms with Crippen molar-refractivity contribution in [3.63, 3.8) is 0 Å². The lowest BCUT2D eigenvalue weighted by Gasteiger charge is -2.22. The number of rotatable bonds is 2. The summed E-state index contributed by atoms with van der Waals surface area (Å²) in [7, 11) is 0. The minimum atomic E-state index is -0.182. The molecule has 1 atom stereocenters. The van der Waals surface area contributed by atoms with Gasteiger partial charge in [-0.05, 0) is 37.3 Å². The summed E-state index contributed by atoms with van der Waals surface area (Å²) in [6, 6.07) is 1.88. The van der Waals surface area contributed by atoms with Gasteiger partial charge in [0.1, 0.15) is 0 Å². The van der Waals surface area contributed by atoms with E-state index >= 15 is 0 Å². The van der Waals surface area contributed by atoms with Crippen LogP contribution in [0.2, 0.25) is 8.67 Å². The Labute approximate surface area is 146 Å². The van der Waals surface area contributed by atoms with Gasteiger partial charge in [0, 0.05) is 11.3 Å². The Kier molecular flexibility index (Phi) is 4.58. The fourth-order valence-corrected chi connectivity index (χ4v) is 4.36. The van der Waals surface area contributed by atoms with Gasteiger partial charge in [0.2, 0.25) is 5.96 Å². The first-order valence-electron chi connectivity index (χ1n) is 6.78. The normalized spacial score (nSPS) is 19.9. The number of hydrogen-bond donors (Lipinski definition) is 4. The maximum absolute atomic E-state index is 8.72. The third-order valence-electron chi connectivity index (χ3n) is 3.71. The van der Waals surface area contributed by atoms with Crippen molar-refractivity contribution in [2.75, 3.05) is 0 Å². The molecule has 0 aromatic carbocycles. The molecule has 0 saturated heterocycles. The molecule has 0 radical (unpaired) electrons. The number of fused-ring (bicyclic) bond motifs is 1. The Balaban J connectivity index is 2.02. The van der Waals surface area contributed by atoms with Crippen molar-refractivity contribution in [3.8, 4) is 0 Å². The molecule has 7 nitrogen and oxygen atoms in total. The highest BCUT2D eigenvalue weighted by Gasteiger charge is 2.30. The second-order valence-electron chi connectivity index (χ2n) is 5.20. The van der Waals surface area contributed by atoms with Crippen LogP contribution in [0.4, 0.5) is 0 Å². The third kappa shape index (κ3) is 3.20. The van der Waals surface area contributed by atoms with Crippen LogP contribution in [0.25, 0.3) is 0 Å². The average Bonchev–Trinajstić information content (AvgIpc) is 3.06. The fourth-order valence-electron chi connectivity index (χ4n) is 2.73. The molecule has 0 aliphatic heterocycles. The maximum atomic E-state index is 8.72. The maximum Gasteiger partial charge on any atom is 0.237 e. The van der Waals surface area contributed by atoms with Crippen LogP contribution in [0.15, 0.2) is 16.3 Å². The number of halogens is 2. The van der Waals surface area contributed by atoms with Crippen molar-refractivity contribution in [2.24, 2.45) is 15.9 Å². The van der Waals surface area contributed by atoms with E-state index in [0.717, 1.165) is 34.6 Å². The predicted octanol–water partition coefficient (Wildman–Crippen LogP) is 2.81. The molecule has 0 fully saturated rings. The third-order valence-corrected chi connectivity index (χ3v) is 5.22. The summed E-state index contributed by atoms with van der Waals surface area (Å²) in [5.41, 5.74) is 11.6. The van der Waals surface area contributed by atoms with Crippen molar-refractivity contribution in [1.29, 1.82) is 0 Å². The highest BCUT2D eigenvalue weighted by molar-refractivity contribution is 7.20. The zero-order chi connectivity index (χ0) is 16.6. The van der Waals surface area contributed by atoms with Crippen LogP contribution >= 0.6 is 34.5 Å². The van der Waals surface area contributed by atoms with E-state index in [4.69, 9.17) is 34.1 Å². The smallest absolute Gasteiger partial charge is 0.237 e. The number of guanidine groups is 1. The lowest BCUT2D eigenvalue weighted by molar-refractivity contribution is 0.232. The monoisotopic (exact) mass is 372 g/mol. The van der Waals surface area contributed by atoms with E-state index in [1.807, 2.05) is 13.0 Å². The van der Waals surface area contributed by atoms with Crippen LogP contribution in [0.5, 0.6) is 0 Å². The molecule has 1 aliphatic rings. The van der Waals surface area contributed by atoms with E-state index in [1.165, 1.54) is 11.3 Å². The molecule has 122 valence electrons. The van der Waals surface area contributed by atoms with Gasteiger partial charge < -0.3 is 5.73 Å². The number of aryl methyl sites for hydroxylation is 1. The molecule has 0 bridgehead atoms. The molecule has 2 heterocycles. The minimum absolute atomic E-state index is 0.110. The van der Waals surface area contributed by atoms with Crippen LogP contribution < -0.4 is 11.2 Å². The number of aromatic nitrogens is 2. The molecule has 2 aromatic heterocycles. The van der Waals surface area contributed by atoms with Gasteiger partial charge in [0.25, 0.3) is 0 Å². The van der Waals surface area contributed by atoms with Crippen LogP contribution in [0.3, 0.4) is 0 Å². The first-order chi connectivity index (χ1) is 11.0. The number of hydroxylamine groups is 1. The quantitative estimate of drug-likeness (QED) is 0.368. The molecule has 5 N–H and O–H groups in total. The van der Waals surface area contributed by atoms with E-state index in [0.29, 0.717) is 15.1 Å². The van der Waals surface area contributed by atoms with E-state index in [9.17, 15) is 0 Å². The molecule has 1 aliphatic carbocycles. The van der Waals surface area contributed by atoms with Gasteiger partial charge >= 0.3 is 0 Å². The number of thiophene rings is 1. The molecule has 3 rings (SSSR count). The Morgan fingerprint density at radius 3 is 2.96 bits per heavy atom. The summed E-state index contributed by atoms with van der Waals surface area (Å²) >= 11 is 13.7. The molecule has 1 unspecified atom stereocenters. The SMILES string of the molecule is Cc1[nH]nc2c1C(=N/N=C(/N)NO)CC(c1cc(Cl)sc1Cl)C2. The van der Waals surface area contributed by atoms with E-state index in [1.54, 1.807) is 5.48 Å². The van der Waals surface area contributed by atoms with Crippen molar-refractivity contribution in [1.82, 2.24) is 15.7 Å². The average molecular weight is 373 g/mol. The number of H-pyrrole nitrogens is 1. The predicted molar refractivity (Wildman–Crippen MR) is 91.8 cm³/mol. The van der Waals surface area contributed by atoms with E-state index in [2.05, 4.69) is 20.4 Å². The lowest BCUT2D eigenvalue weighted by Crippen LogP contribution is -2.28. The zero-order valence-electron chi connectivity index (χ0n) is 12.1. The van der Waals surface area contributed by atoms with Gasteiger partial charge in [-0.15, -0.1) is 16.4 Å². The van der Waals surface area contributed by atoms with Crippen LogP contribution in [-0.2, 0) is 6.42 Å². The molecular weight excluding hydrogens is 359 g/mol. The first-order valence-corrected chi connectivity index (χ1v) is 8.35. The lowest BCUT2D eigenvalue weighted by atomic mass is 9.82. The molecule has 0 spiro atoms. The Morgan fingerprint density at radius 1 is 1.52 bits per heavy atom. The number of hydrogen-bond acceptors (Lipinski definition) is 5. The summed E-state index contributed by atoms with van der Waals surface area (Å²) in [5.74, 6) is -0.0716. The second kappa shape index (κ2) is 6.48. The summed E-state index contributed by atoms with van der Waals surface area (Å²) in [4.78, 5) is 0. The molecular formula is C13H14Cl2N6OS. The second-order valence-corrected chi connectivity index (χ2v) is 7.48. The summed E-state index contributed by atoms with van der Waals surface area (Å²) in [6.07, 6.45) is 1.37. The molecule has 0 saturated carbocycles. The highest BCUT2D eigenvalue weighted by atomic mass is 35.5. The van der Waals surface area contributed by atoms with E-state index in [-0.39, 0.29) is 11.9 Å². The Morgan fingerprint density at radius 2 is 2.30 bits per heavy atom. The van der Waals surface area contributed by atoms with Gasteiger partial charge in [-0.25, -0.2) is 5.48 Å². The van der Waals surface area contributed by atoms with Crippen molar-refractivity contribution >= 4 is 46.2 Å².